The van der Waals surface area contributed by atoms with Crippen molar-refractivity contribution in [2.24, 2.45) is 5.92 Å². The molecule has 0 aromatic carbocycles. The molecule has 3 rings (SSSR count). The van der Waals surface area contributed by atoms with Crippen LogP contribution in [-0.4, -0.2) is 33.1 Å². The van der Waals surface area contributed by atoms with Gasteiger partial charge in [0.1, 0.15) is 11.8 Å². The van der Waals surface area contributed by atoms with Crippen LogP contribution in [0.5, 0.6) is 0 Å². The lowest BCUT2D eigenvalue weighted by atomic mass is 10.1. The Morgan fingerprint density at radius 3 is 2.59 bits per heavy atom. The largest absolute Gasteiger partial charge is 0.382 e. The molecule has 1 fully saturated rings. The van der Waals surface area contributed by atoms with E-state index in [-0.39, 0.29) is 0 Å². The molecule has 6 heteroatoms. The Morgan fingerprint density at radius 1 is 1.18 bits per heavy atom. The molecule has 6 nitrogen and oxygen atoms in total. The van der Waals surface area contributed by atoms with E-state index in [2.05, 4.69) is 24.8 Å². The molecule has 0 saturated heterocycles. The number of fused-ring (bicyclic) bond motifs is 1. The molecule has 1 aliphatic carbocycles. The highest BCUT2D eigenvalue weighted by molar-refractivity contribution is 5.81. The monoisotopic (exact) mass is 306 g/mol. The molecule has 0 radical (unpaired) electrons. The Bertz CT molecular complexity index is 551. The van der Waals surface area contributed by atoms with Gasteiger partial charge in [0, 0.05) is 6.04 Å². The number of imidazole rings is 1. The summed E-state index contributed by atoms with van der Waals surface area (Å²) in [6.45, 7) is 9.08. The van der Waals surface area contributed by atoms with E-state index in [9.17, 15) is 0 Å². The Balaban J connectivity index is 0.000000561. The van der Waals surface area contributed by atoms with Crippen molar-refractivity contribution < 1.29 is 0 Å². The third-order valence-electron chi connectivity index (χ3n) is 3.79. The van der Waals surface area contributed by atoms with E-state index in [1.54, 1.807) is 0 Å². The summed E-state index contributed by atoms with van der Waals surface area (Å²) in [6, 6.07) is 0.489. The van der Waals surface area contributed by atoms with Gasteiger partial charge in [-0.05, 0) is 38.8 Å². The van der Waals surface area contributed by atoms with E-state index in [0.717, 1.165) is 23.6 Å². The number of hydrogen-bond donors (Lipinski definition) is 2. The van der Waals surface area contributed by atoms with Crippen LogP contribution in [0.15, 0.2) is 12.7 Å². The van der Waals surface area contributed by atoms with Crippen LogP contribution >= 0.6 is 0 Å². The SMILES string of the molecule is CC.CC.CNCC1CCC(n2cnc3c(N)ncnc32)C1. The molecule has 2 aromatic rings. The summed E-state index contributed by atoms with van der Waals surface area (Å²) in [5.74, 6) is 1.21. The lowest BCUT2D eigenvalue weighted by molar-refractivity contribution is 0.469. The smallest absolute Gasteiger partial charge is 0.165 e. The minimum Gasteiger partial charge on any atom is -0.382 e. The zero-order valence-electron chi connectivity index (χ0n) is 14.5. The predicted molar refractivity (Wildman–Crippen MR) is 92.7 cm³/mol. The van der Waals surface area contributed by atoms with Crippen molar-refractivity contribution in [1.29, 1.82) is 0 Å². The summed E-state index contributed by atoms with van der Waals surface area (Å²) in [5.41, 5.74) is 7.38. The molecule has 2 unspecified atom stereocenters. The lowest BCUT2D eigenvalue weighted by Crippen LogP contribution is -2.16. The van der Waals surface area contributed by atoms with Gasteiger partial charge in [-0.15, -0.1) is 0 Å². The van der Waals surface area contributed by atoms with Gasteiger partial charge in [-0.2, -0.15) is 0 Å². The quantitative estimate of drug-likeness (QED) is 0.911. The zero-order chi connectivity index (χ0) is 16.5. The van der Waals surface area contributed by atoms with Crippen molar-refractivity contribution in [2.75, 3.05) is 19.3 Å². The minimum absolute atomic E-state index is 0.462. The normalized spacial score (nSPS) is 20.0. The van der Waals surface area contributed by atoms with Crippen molar-refractivity contribution >= 4 is 17.0 Å². The molecule has 0 bridgehead atoms. The van der Waals surface area contributed by atoms with E-state index < -0.39 is 0 Å². The maximum Gasteiger partial charge on any atom is 0.165 e. The average molecular weight is 306 g/mol. The van der Waals surface area contributed by atoms with Gasteiger partial charge in [-0.25, -0.2) is 15.0 Å². The fraction of sp³-hybridized carbons (Fsp3) is 0.688. The van der Waals surface area contributed by atoms with Gasteiger partial charge >= 0.3 is 0 Å². The van der Waals surface area contributed by atoms with Crippen LogP contribution in [0.2, 0.25) is 0 Å². The second-order valence-electron chi connectivity index (χ2n) is 4.97. The molecule has 3 N–H and O–H groups in total. The van der Waals surface area contributed by atoms with E-state index in [4.69, 9.17) is 5.73 Å². The molecule has 1 saturated carbocycles. The van der Waals surface area contributed by atoms with Crippen LogP contribution in [0, 0.1) is 5.92 Å². The predicted octanol–water partition coefficient (Wildman–Crippen LogP) is 3.02. The molecule has 0 amide bonds. The molecule has 1 aliphatic rings. The number of anilines is 1. The molecule has 2 atom stereocenters. The van der Waals surface area contributed by atoms with Crippen molar-refractivity contribution in [3.05, 3.63) is 12.7 Å². The summed E-state index contributed by atoms with van der Waals surface area (Å²) in [4.78, 5) is 12.6. The number of hydrogen-bond acceptors (Lipinski definition) is 5. The number of rotatable bonds is 3. The van der Waals surface area contributed by atoms with Crippen molar-refractivity contribution in [3.63, 3.8) is 0 Å². The highest BCUT2D eigenvalue weighted by atomic mass is 15.1. The van der Waals surface area contributed by atoms with Crippen LogP contribution in [0.4, 0.5) is 5.82 Å². The molecule has 0 spiro atoms. The van der Waals surface area contributed by atoms with Gasteiger partial charge in [0.05, 0.1) is 6.33 Å². The first-order chi connectivity index (χ1) is 10.8. The van der Waals surface area contributed by atoms with E-state index in [1.165, 1.54) is 25.6 Å². The molecule has 22 heavy (non-hydrogen) atoms. The second-order valence-corrected chi connectivity index (χ2v) is 4.97. The van der Waals surface area contributed by atoms with Crippen LogP contribution in [-0.2, 0) is 0 Å². The fourth-order valence-electron chi connectivity index (χ4n) is 2.91. The molecule has 2 heterocycles. The third-order valence-corrected chi connectivity index (χ3v) is 3.79. The van der Waals surface area contributed by atoms with Crippen LogP contribution in [0.1, 0.15) is 53.0 Å². The number of aromatic nitrogens is 4. The second kappa shape index (κ2) is 9.35. The first-order valence-corrected chi connectivity index (χ1v) is 8.37. The third kappa shape index (κ3) is 3.94. The van der Waals surface area contributed by atoms with E-state index >= 15 is 0 Å². The van der Waals surface area contributed by atoms with Crippen molar-refractivity contribution in [1.82, 2.24) is 24.8 Å². The number of nitrogens with two attached hydrogens (primary N) is 1. The van der Waals surface area contributed by atoms with Gasteiger partial charge in [0.15, 0.2) is 11.5 Å². The Labute approximate surface area is 133 Å². The maximum absolute atomic E-state index is 5.81. The summed E-state index contributed by atoms with van der Waals surface area (Å²) in [6.07, 6.45) is 6.97. The topological polar surface area (TPSA) is 81.7 Å². The van der Waals surface area contributed by atoms with E-state index in [0.29, 0.717) is 11.9 Å². The Hall–Kier alpha value is -1.69. The number of nitrogens with one attached hydrogen (secondary N) is 1. The summed E-state index contributed by atoms with van der Waals surface area (Å²) >= 11 is 0. The Kier molecular flexibility index (Phi) is 7.80. The fourth-order valence-corrected chi connectivity index (χ4v) is 2.91. The summed E-state index contributed by atoms with van der Waals surface area (Å²) in [7, 11) is 2.01. The highest BCUT2D eigenvalue weighted by Gasteiger charge is 2.26. The van der Waals surface area contributed by atoms with Crippen LogP contribution in [0.25, 0.3) is 11.2 Å². The first-order valence-electron chi connectivity index (χ1n) is 8.37. The first kappa shape index (κ1) is 18.4. The number of nitrogens with zero attached hydrogens (tertiary/aromatic N) is 4. The average Bonchev–Trinajstić information content (AvgIpc) is 3.19. The van der Waals surface area contributed by atoms with Crippen LogP contribution in [0.3, 0.4) is 0 Å². The van der Waals surface area contributed by atoms with Crippen LogP contribution < -0.4 is 11.1 Å². The van der Waals surface area contributed by atoms with Crippen molar-refractivity contribution in [3.8, 4) is 0 Å². The number of nitrogen functional groups attached to an aromatic ring is 1. The van der Waals surface area contributed by atoms with Gasteiger partial charge in [-0.3, -0.25) is 0 Å². The lowest BCUT2D eigenvalue weighted by Gasteiger charge is -2.13. The van der Waals surface area contributed by atoms with Gasteiger partial charge in [0.2, 0.25) is 0 Å². The maximum atomic E-state index is 5.81. The molecule has 2 aromatic heterocycles. The molecule has 0 aliphatic heterocycles. The minimum atomic E-state index is 0.462. The Morgan fingerprint density at radius 2 is 1.91 bits per heavy atom. The summed E-state index contributed by atoms with van der Waals surface area (Å²) < 4.78 is 2.16. The van der Waals surface area contributed by atoms with Crippen molar-refractivity contribution in [2.45, 2.75) is 53.0 Å². The summed E-state index contributed by atoms with van der Waals surface area (Å²) in [5, 5.41) is 3.25. The highest BCUT2D eigenvalue weighted by Crippen LogP contribution is 2.35. The van der Waals surface area contributed by atoms with Gasteiger partial charge in [-0.1, -0.05) is 27.7 Å². The standard InChI is InChI=1S/C12H18N6.2C2H6/c1-14-5-8-2-3-9(4-8)18-7-17-10-11(13)15-6-16-12(10)18;2*1-2/h6-9,14H,2-5H2,1H3,(H2,13,15,16);2*1-2H3. The van der Waals surface area contributed by atoms with E-state index in [1.807, 2.05) is 41.1 Å². The molecule has 124 valence electrons. The molecular formula is C16H30N6. The molecular weight excluding hydrogens is 276 g/mol. The zero-order valence-corrected chi connectivity index (χ0v) is 14.5. The van der Waals surface area contributed by atoms with Gasteiger partial charge < -0.3 is 15.6 Å². The van der Waals surface area contributed by atoms with Gasteiger partial charge in [0.25, 0.3) is 0 Å².